The summed E-state index contributed by atoms with van der Waals surface area (Å²) in [4.78, 5) is 14.1. The number of rotatable bonds is 1. The smallest absolute Gasteiger partial charge is 0.276 e. The summed E-state index contributed by atoms with van der Waals surface area (Å²) in [7, 11) is 0. The Hall–Kier alpha value is -1.46. The second-order valence-corrected chi connectivity index (χ2v) is 3.69. The van der Waals surface area contributed by atoms with Crippen LogP contribution in [0.25, 0.3) is 10.9 Å². The maximum atomic E-state index is 11.1. The molecular weight excluding hydrogens is 202 g/mol. The van der Waals surface area contributed by atoms with E-state index in [2.05, 4.69) is 4.98 Å². The van der Waals surface area contributed by atoms with Gasteiger partial charge in [-0.15, -0.1) is 0 Å². The molecule has 1 unspecified atom stereocenters. The van der Waals surface area contributed by atoms with Crippen molar-refractivity contribution >= 4 is 27.1 Å². The van der Waals surface area contributed by atoms with Gasteiger partial charge in [-0.05, 0) is 24.3 Å². The second-order valence-electron chi connectivity index (χ2n) is 2.82. The predicted molar refractivity (Wildman–Crippen MR) is 53.4 cm³/mol. The SMILES string of the molecule is O=C(c1ccc2[nH]ccc2c1)S(=O)O. The minimum atomic E-state index is -2.44. The molecule has 0 radical (unpaired) electrons. The fourth-order valence-corrected chi connectivity index (χ4v) is 1.61. The fourth-order valence-electron chi connectivity index (χ4n) is 1.28. The first kappa shape index (κ1) is 9.11. The summed E-state index contributed by atoms with van der Waals surface area (Å²) in [6.45, 7) is 0. The minimum absolute atomic E-state index is 0.248. The van der Waals surface area contributed by atoms with Crippen molar-refractivity contribution in [3.05, 3.63) is 36.0 Å². The molecule has 72 valence electrons. The van der Waals surface area contributed by atoms with E-state index in [9.17, 15) is 9.00 Å². The van der Waals surface area contributed by atoms with E-state index in [1.165, 1.54) is 6.07 Å². The molecule has 14 heavy (non-hydrogen) atoms. The van der Waals surface area contributed by atoms with Gasteiger partial charge >= 0.3 is 0 Å². The largest absolute Gasteiger partial charge is 0.361 e. The molecule has 0 amide bonds. The molecule has 2 rings (SSSR count). The van der Waals surface area contributed by atoms with E-state index in [-0.39, 0.29) is 5.56 Å². The van der Waals surface area contributed by atoms with Crippen molar-refractivity contribution in [2.24, 2.45) is 0 Å². The molecule has 0 aliphatic rings. The van der Waals surface area contributed by atoms with Gasteiger partial charge in [-0.2, -0.15) is 0 Å². The van der Waals surface area contributed by atoms with Gasteiger partial charge in [-0.3, -0.25) is 9.35 Å². The Bertz CT molecular complexity index is 518. The van der Waals surface area contributed by atoms with Crippen molar-refractivity contribution in [2.45, 2.75) is 0 Å². The highest BCUT2D eigenvalue weighted by Gasteiger charge is 2.12. The third-order valence-electron chi connectivity index (χ3n) is 1.95. The third-order valence-corrected chi connectivity index (χ3v) is 2.50. The maximum absolute atomic E-state index is 11.1. The second kappa shape index (κ2) is 3.36. The van der Waals surface area contributed by atoms with Crippen LogP contribution in [0.4, 0.5) is 0 Å². The average molecular weight is 209 g/mol. The number of aromatic nitrogens is 1. The van der Waals surface area contributed by atoms with Crippen molar-refractivity contribution in [1.29, 1.82) is 0 Å². The molecule has 0 spiro atoms. The van der Waals surface area contributed by atoms with Crippen LogP contribution in [-0.4, -0.2) is 18.9 Å². The lowest BCUT2D eigenvalue weighted by molar-refractivity contribution is 0.107. The molecule has 4 nitrogen and oxygen atoms in total. The zero-order chi connectivity index (χ0) is 10.1. The molecule has 5 heteroatoms. The van der Waals surface area contributed by atoms with Crippen LogP contribution in [0.3, 0.4) is 0 Å². The van der Waals surface area contributed by atoms with E-state index in [0.29, 0.717) is 0 Å². The molecule has 1 heterocycles. The number of carbonyl (C=O) groups is 1. The lowest BCUT2D eigenvalue weighted by Crippen LogP contribution is -2.05. The summed E-state index contributed by atoms with van der Waals surface area (Å²) >= 11 is -2.44. The lowest BCUT2D eigenvalue weighted by Gasteiger charge is -1.96. The maximum Gasteiger partial charge on any atom is 0.276 e. The van der Waals surface area contributed by atoms with Crippen LogP contribution >= 0.6 is 0 Å². The number of hydrogen-bond donors (Lipinski definition) is 2. The van der Waals surface area contributed by atoms with Gasteiger partial charge < -0.3 is 4.98 Å². The lowest BCUT2D eigenvalue weighted by atomic mass is 10.2. The normalized spacial score (nSPS) is 12.9. The number of hydrogen-bond acceptors (Lipinski definition) is 2. The van der Waals surface area contributed by atoms with E-state index in [1.807, 2.05) is 0 Å². The van der Waals surface area contributed by atoms with Crippen LogP contribution in [-0.2, 0) is 11.1 Å². The summed E-state index contributed by atoms with van der Waals surface area (Å²) in [5.74, 6) is 0. The van der Waals surface area contributed by atoms with Gasteiger partial charge in [0.05, 0.1) is 0 Å². The van der Waals surface area contributed by atoms with Crippen molar-refractivity contribution < 1.29 is 13.6 Å². The zero-order valence-electron chi connectivity index (χ0n) is 7.06. The first-order valence-electron chi connectivity index (χ1n) is 3.91. The van der Waals surface area contributed by atoms with Crippen molar-refractivity contribution in [2.75, 3.05) is 0 Å². The molecule has 1 aromatic heterocycles. The molecule has 0 aliphatic carbocycles. The van der Waals surface area contributed by atoms with Crippen molar-refractivity contribution in [3.63, 3.8) is 0 Å². The van der Waals surface area contributed by atoms with Gasteiger partial charge in [0.15, 0.2) is 0 Å². The Balaban J connectivity index is 2.54. The van der Waals surface area contributed by atoms with Gasteiger partial charge in [-0.25, -0.2) is 4.21 Å². The number of benzene rings is 1. The minimum Gasteiger partial charge on any atom is -0.361 e. The monoisotopic (exact) mass is 209 g/mol. The van der Waals surface area contributed by atoms with Crippen LogP contribution in [0.1, 0.15) is 10.4 Å². The van der Waals surface area contributed by atoms with Gasteiger partial charge in [0.1, 0.15) is 0 Å². The first-order valence-corrected chi connectivity index (χ1v) is 5.01. The van der Waals surface area contributed by atoms with Crippen LogP contribution in [0, 0.1) is 0 Å². The first-order chi connectivity index (χ1) is 6.68. The molecule has 0 bridgehead atoms. The van der Waals surface area contributed by atoms with E-state index >= 15 is 0 Å². The quantitative estimate of drug-likeness (QED) is 0.700. The Morgan fingerprint density at radius 2 is 2.14 bits per heavy atom. The summed E-state index contributed by atoms with van der Waals surface area (Å²) < 4.78 is 19.1. The number of carbonyl (C=O) groups excluding carboxylic acids is 1. The van der Waals surface area contributed by atoms with E-state index in [0.717, 1.165) is 10.9 Å². The van der Waals surface area contributed by atoms with Gasteiger partial charge in [-0.1, -0.05) is 0 Å². The summed E-state index contributed by atoms with van der Waals surface area (Å²) in [6.07, 6.45) is 1.74. The van der Waals surface area contributed by atoms with Gasteiger partial charge in [0.25, 0.3) is 5.12 Å². The molecule has 1 atom stereocenters. The Labute approximate surface area is 82.2 Å². The average Bonchev–Trinajstić information content (AvgIpc) is 2.62. The number of aromatic amines is 1. The van der Waals surface area contributed by atoms with Gasteiger partial charge in [0, 0.05) is 22.7 Å². The zero-order valence-corrected chi connectivity index (χ0v) is 7.88. The highest BCUT2D eigenvalue weighted by atomic mass is 32.2. The predicted octanol–water partition coefficient (Wildman–Crippen LogP) is 1.53. The van der Waals surface area contributed by atoms with E-state index < -0.39 is 16.2 Å². The molecule has 0 fully saturated rings. The Morgan fingerprint density at radius 1 is 1.36 bits per heavy atom. The Kier molecular flexibility index (Phi) is 2.18. The molecule has 0 saturated carbocycles. The fraction of sp³-hybridized carbons (Fsp3) is 0. The number of fused-ring (bicyclic) bond motifs is 1. The summed E-state index contributed by atoms with van der Waals surface area (Å²) in [5, 5.41) is 0.0781. The van der Waals surface area contributed by atoms with Crippen molar-refractivity contribution in [3.8, 4) is 0 Å². The topological polar surface area (TPSA) is 70.2 Å². The standard InChI is InChI=1S/C9H7NO3S/c11-9(14(12)13)7-1-2-8-6(5-7)3-4-10-8/h1-5,10H,(H,12,13). The van der Waals surface area contributed by atoms with Crippen LogP contribution in [0.5, 0.6) is 0 Å². The molecule has 2 aromatic rings. The highest BCUT2D eigenvalue weighted by molar-refractivity contribution is 7.95. The molecule has 2 N–H and O–H groups in total. The van der Waals surface area contributed by atoms with E-state index in [4.69, 9.17) is 4.55 Å². The highest BCUT2D eigenvalue weighted by Crippen LogP contribution is 2.15. The van der Waals surface area contributed by atoms with Crippen LogP contribution in [0.2, 0.25) is 0 Å². The molecule has 1 aromatic carbocycles. The molecular formula is C9H7NO3S. The summed E-state index contributed by atoms with van der Waals surface area (Å²) in [6, 6.07) is 6.61. The summed E-state index contributed by atoms with van der Waals surface area (Å²) in [5.41, 5.74) is 1.14. The molecule has 0 saturated heterocycles. The van der Waals surface area contributed by atoms with E-state index in [1.54, 1.807) is 24.4 Å². The van der Waals surface area contributed by atoms with Crippen molar-refractivity contribution in [1.82, 2.24) is 4.98 Å². The van der Waals surface area contributed by atoms with Crippen LogP contribution in [0.15, 0.2) is 30.5 Å². The number of H-pyrrole nitrogens is 1. The Morgan fingerprint density at radius 3 is 2.86 bits per heavy atom. The van der Waals surface area contributed by atoms with Gasteiger partial charge in [0.2, 0.25) is 11.1 Å². The third kappa shape index (κ3) is 1.47. The number of nitrogens with one attached hydrogen (secondary N) is 1. The van der Waals surface area contributed by atoms with Crippen LogP contribution < -0.4 is 0 Å². The molecule has 0 aliphatic heterocycles.